The molecule has 0 aliphatic heterocycles. The summed E-state index contributed by atoms with van der Waals surface area (Å²) in [6.45, 7) is 0. The normalized spacial score (nSPS) is 11.2. The van der Waals surface area contributed by atoms with E-state index in [1.54, 1.807) is 12.3 Å². The van der Waals surface area contributed by atoms with Crippen LogP contribution in [0.3, 0.4) is 0 Å². The summed E-state index contributed by atoms with van der Waals surface area (Å²) in [5.74, 6) is -1.80. The van der Waals surface area contributed by atoms with E-state index in [0.717, 1.165) is 24.3 Å². The Hall–Kier alpha value is -2.06. The molecule has 2 rings (SSSR count). The van der Waals surface area contributed by atoms with Gasteiger partial charge in [0.05, 0.1) is 16.1 Å². The second-order valence-electron chi connectivity index (χ2n) is 4.28. The minimum atomic E-state index is -3.99. The number of carboxylic acids is 1. The largest absolute Gasteiger partial charge is 0.478 e. The molecule has 0 saturated carbocycles. The van der Waals surface area contributed by atoms with Gasteiger partial charge in [-0.2, -0.15) is 0 Å². The number of nitrogens with one attached hydrogen (secondary N) is 1. The van der Waals surface area contributed by atoms with Gasteiger partial charge < -0.3 is 5.11 Å². The van der Waals surface area contributed by atoms with E-state index in [4.69, 9.17) is 0 Å². The van der Waals surface area contributed by atoms with Crippen molar-refractivity contribution >= 4 is 33.4 Å². The molecule has 0 unspecified atom stereocenters. The van der Waals surface area contributed by atoms with Crippen molar-refractivity contribution < 1.29 is 22.7 Å². The molecule has 5 nitrogen and oxygen atoms in total. The quantitative estimate of drug-likeness (QED) is 0.817. The van der Waals surface area contributed by atoms with Crippen LogP contribution in [0.15, 0.2) is 52.3 Å². The Morgan fingerprint density at radius 1 is 1.18 bits per heavy atom. The maximum absolute atomic E-state index is 12.9. The first-order valence-electron chi connectivity index (χ1n) is 6.03. The first-order valence-corrected chi connectivity index (χ1v) is 8.74. The molecule has 0 aliphatic carbocycles. The lowest BCUT2D eigenvalue weighted by Crippen LogP contribution is -2.15. The second-order valence-corrected chi connectivity index (χ2v) is 6.84. The van der Waals surface area contributed by atoms with Crippen LogP contribution >= 0.6 is 11.8 Å². The van der Waals surface area contributed by atoms with Crippen LogP contribution in [0.5, 0.6) is 0 Å². The van der Waals surface area contributed by atoms with E-state index >= 15 is 0 Å². The van der Waals surface area contributed by atoms with Crippen LogP contribution in [0.25, 0.3) is 0 Å². The van der Waals surface area contributed by atoms with Gasteiger partial charge in [-0.05, 0) is 48.7 Å². The van der Waals surface area contributed by atoms with Crippen LogP contribution in [0.4, 0.5) is 10.1 Å². The molecule has 8 heteroatoms. The summed E-state index contributed by atoms with van der Waals surface area (Å²) in [6, 6.07) is 8.63. The van der Waals surface area contributed by atoms with E-state index in [9.17, 15) is 22.7 Å². The van der Waals surface area contributed by atoms with Crippen molar-refractivity contribution in [2.45, 2.75) is 9.79 Å². The van der Waals surface area contributed by atoms with Crippen molar-refractivity contribution in [1.82, 2.24) is 0 Å². The summed E-state index contributed by atoms with van der Waals surface area (Å²) in [6.07, 6.45) is 1.78. The van der Waals surface area contributed by atoms with Crippen LogP contribution in [0, 0.1) is 5.82 Å². The first kappa shape index (κ1) is 16.3. The molecular weight excluding hydrogens is 329 g/mol. The van der Waals surface area contributed by atoms with Gasteiger partial charge in [0.1, 0.15) is 5.82 Å². The highest BCUT2D eigenvalue weighted by atomic mass is 32.2. The van der Waals surface area contributed by atoms with Gasteiger partial charge in [-0.1, -0.05) is 0 Å². The molecule has 116 valence electrons. The number of hydrogen-bond donors (Lipinski definition) is 2. The summed E-state index contributed by atoms with van der Waals surface area (Å²) in [4.78, 5) is 11.8. The van der Waals surface area contributed by atoms with Crippen molar-refractivity contribution in [2.24, 2.45) is 0 Å². The molecule has 0 aliphatic rings. The van der Waals surface area contributed by atoms with E-state index in [1.165, 1.54) is 23.9 Å². The molecule has 0 spiro atoms. The third kappa shape index (κ3) is 3.58. The summed E-state index contributed by atoms with van der Waals surface area (Å²) < 4.78 is 39.5. The molecule has 0 heterocycles. The van der Waals surface area contributed by atoms with E-state index in [1.807, 2.05) is 0 Å². The minimum Gasteiger partial charge on any atom is -0.478 e. The lowest BCUT2D eigenvalue weighted by atomic mass is 10.2. The van der Waals surface area contributed by atoms with Gasteiger partial charge in [0.25, 0.3) is 10.0 Å². The predicted octanol–water partition coefficient (Wildman–Crippen LogP) is 3.05. The van der Waals surface area contributed by atoms with Crippen molar-refractivity contribution in [2.75, 3.05) is 11.0 Å². The highest BCUT2D eigenvalue weighted by Gasteiger charge is 2.19. The molecular formula is C14H12FNO4S2. The number of halogens is 1. The van der Waals surface area contributed by atoms with E-state index in [2.05, 4.69) is 4.72 Å². The van der Waals surface area contributed by atoms with Gasteiger partial charge in [0, 0.05) is 4.90 Å². The van der Waals surface area contributed by atoms with E-state index in [-0.39, 0.29) is 16.1 Å². The molecule has 0 radical (unpaired) electrons. The van der Waals surface area contributed by atoms with Crippen molar-refractivity contribution in [1.29, 1.82) is 0 Å². The van der Waals surface area contributed by atoms with Crippen LogP contribution < -0.4 is 4.72 Å². The number of aromatic carboxylic acids is 1. The molecule has 0 amide bonds. The highest BCUT2D eigenvalue weighted by Crippen LogP contribution is 2.25. The number of hydrogen-bond acceptors (Lipinski definition) is 4. The summed E-state index contributed by atoms with van der Waals surface area (Å²) in [7, 11) is -3.99. The Morgan fingerprint density at radius 2 is 1.82 bits per heavy atom. The van der Waals surface area contributed by atoms with Gasteiger partial charge >= 0.3 is 5.97 Å². The molecule has 0 bridgehead atoms. The van der Waals surface area contributed by atoms with Crippen LogP contribution in [0.1, 0.15) is 10.4 Å². The number of rotatable bonds is 5. The summed E-state index contributed by atoms with van der Waals surface area (Å²) in [5.41, 5.74) is -0.202. The third-order valence-electron chi connectivity index (χ3n) is 2.83. The Morgan fingerprint density at radius 3 is 2.36 bits per heavy atom. The molecule has 0 fully saturated rings. The van der Waals surface area contributed by atoms with Crippen LogP contribution in [0.2, 0.25) is 0 Å². The molecule has 2 aromatic carbocycles. The lowest BCUT2D eigenvalue weighted by Gasteiger charge is -2.11. The van der Waals surface area contributed by atoms with Gasteiger partial charge in [-0.15, -0.1) is 11.8 Å². The molecule has 0 aromatic heterocycles. The maximum atomic E-state index is 12.9. The predicted molar refractivity (Wildman–Crippen MR) is 82.4 cm³/mol. The Balaban J connectivity index is 2.41. The zero-order valence-corrected chi connectivity index (χ0v) is 13.0. The van der Waals surface area contributed by atoms with Gasteiger partial charge in [0.2, 0.25) is 0 Å². The number of anilines is 1. The maximum Gasteiger partial charge on any atom is 0.337 e. The van der Waals surface area contributed by atoms with Crippen LogP contribution in [-0.2, 0) is 10.0 Å². The standard InChI is InChI=1S/C14H12FNO4S2/c1-21-10-4-7-13(12(8-10)14(17)18)16-22(19,20)11-5-2-9(15)3-6-11/h2-8,16H,1H3,(H,17,18). The summed E-state index contributed by atoms with van der Waals surface area (Å²) >= 11 is 1.34. The number of carboxylic acid groups (broad SMARTS) is 1. The molecule has 2 aromatic rings. The first-order chi connectivity index (χ1) is 10.3. The highest BCUT2D eigenvalue weighted by molar-refractivity contribution is 7.98. The average Bonchev–Trinajstić information content (AvgIpc) is 2.47. The smallest absolute Gasteiger partial charge is 0.337 e. The van der Waals surface area contributed by atoms with Crippen molar-refractivity contribution in [3.8, 4) is 0 Å². The fourth-order valence-corrected chi connectivity index (χ4v) is 3.25. The number of sulfonamides is 1. The number of benzene rings is 2. The molecule has 2 N–H and O–H groups in total. The van der Waals surface area contributed by atoms with E-state index < -0.39 is 21.8 Å². The van der Waals surface area contributed by atoms with E-state index in [0.29, 0.717) is 4.90 Å². The SMILES string of the molecule is CSc1ccc(NS(=O)(=O)c2ccc(F)cc2)c(C(=O)O)c1. The van der Waals surface area contributed by atoms with Crippen LogP contribution in [-0.4, -0.2) is 25.7 Å². The van der Waals surface area contributed by atoms with Crippen molar-refractivity contribution in [3.05, 3.63) is 53.8 Å². The second kappa shape index (κ2) is 6.37. The summed E-state index contributed by atoms with van der Waals surface area (Å²) in [5, 5.41) is 9.20. The number of carbonyl (C=O) groups is 1. The van der Waals surface area contributed by atoms with Crippen molar-refractivity contribution in [3.63, 3.8) is 0 Å². The Kier molecular flexibility index (Phi) is 4.72. The fourth-order valence-electron chi connectivity index (χ4n) is 1.73. The fraction of sp³-hybridized carbons (Fsp3) is 0.0714. The average molecular weight is 341 g/mol. The van der Waals surface area contributed by atoms with Gasteiger partial charge in [-0.25, -0.2) is 17.6 Å². The topological polar surface area (TPSA) is 83.5 Å². The molecule has 0 atom stereocenters. The number of thioether (sulfide) groups is 1. The zero-order valence-electron chi connectivity index (χ0n) is 11.4. The zero-order chi connectivity index (χ0) is 16.3. The molecule has 0 saturated heterocycles. The lowest BCUT2D eigenvalue weighted by molar-refractivity contribution is 0.0698. The monoisotopic (exact) mass is 341 g/mol. The van der Waals surface area contributed by atoms with Gasteiger partial charge in [-0.3, -0.25) is 4.72 Å². The third-order valence-corrected chi connectivity index (χ3v) is 4.93. The Labute approximate surface area is 131 Å². The Bertz CT molecular complexity index is 804. The molecule has 22 heavy (non-hydrogen) atoms. The van der Waals surface area contributed by atoms with Gasteiger partial charge in [0.15, 0.2) is 0 Å². The minimum absolute atomic E-state index is 0.0466.